The van der Waals surface area contributed by atoms with Crippen molar-refractivity contribution in [3.63, 3.8) is 0 Å². The molecular weight excluding hydrogens is 257 g/mol. The first-order chi connectivity index (χ1) is 5.34. The molecule has 1 rings (SSSR count). The molecule has 0 aliphatic carbocycles. The Balaban J connectivity index is 2.85. The Bertz CT molecular complexity index is 249. The van der Waals surface area contributed by atoms with Gasteiger partial charge < -0.3 is 0 Å². The monoisotopic (exact) mass is 264 g/mol. The lowest BCUT2D eigenvalue weighted by Crippen LogP contribution is -2.38. The van der Waals surface area contributed by atoms with Crippen LogP contribution in [-0.4, -0.2) is 9.05 Å². The summed E-state index contributed by atoms with van der Waals surface area (Å²) < 4.78 is 2.41. The summed E-state index contributed by atoms with van der Waals surface area (Å²) in [5.74, 6) is 0. The molecule has 0 atom stereocenters. The van der Waals surface area contributed by atoms with Gasteiger partial charge in [0.25, 0.3) is 0 Å². The molecular formula is C6H7IN3O+. The van der Waals surface area contributed by atoms with Crippen LogP contribution >= 0.6 is 22.6 Å². The minimum Gasteiger partial charge on any atom is -0.257 e. The molecule has 1 aromatic heterocycles. The molecule has 0 saturated heterocycles. The molecule has 0 aromatic carbocycles. The maximum atomic E-state index is 8.24. The van der Waals surface area contributed by atoms with E-state index in [-0.39, 0.29) is 0 Å². The summed E-state index contributed by atoms with van der Waals surface area (Å²) in [7, 11) is 0. The van der Waals surface area contributed by atoms with Gasteiger partial charge in [0.15, 0.2) is 0 Å². The van der Waals surface area contributed by atoms with Crippen molar-refractivity contribution in [1.29, 1.82) is 0 Å². The highest BCUT2D eigenvalue weighted by molar-refractivity contribution is 14.1. The van der Waals surface area contributed by atoms with E-state index in [1.54, 1.807) is 10.2 Å². The summed E-state index contributed by atoms with van der Waals surface area (Å²) in [6.45, 7) is 0. The van der Waals surface area contributed by atoms with Gasteiger partial charge in [0.05, 0.1) is 40.1 Å². The highest BCUT2D eigenvalue weighted by Crippen LogP contribution is 1.85. The second kappa shape index (κ2) is 4.24. The van der Waals surface area contributed by atoms with Gasteiger partial charge in [-0.25, -0.2) is 0 Å². The third-order valence-corrected chi connectivity index (χ3v) is 1.87. The fraction of sp³-hybridized carbons (Fsp3) is 0. The summed E-state index contributed by atoms with van der Waals surface area (Å²) in [6, 6.07) is 5.67. The Morgan fingerprint density at radius 2 is 2.00 bits per heavy atom. The second-order valence-corrected chi connectivity index (χ2v) is 2.73. The Kier molecular flexibility index (Phi) is 3.24. The Labute approximate surface area is 77.7 Å². The summed E-state index contributed by atoms with van der Waals surface area (Å²) in [4.78, 5) is 0. The molecule has 0 fully saturated rings. The van der Waals surface area contributed by atoms with Crippen molar-refractivity contribution in [3.8, 4) is 0 Å². The van der Waals surface area contributed by atoms with Crippen LogP contribution in [0.3, 0.4) is 0 Å². The van der Waals surface area contributed by atoms with E-state index in [4.69, 9.17) is 5.21 Å². The summed E-state index contributed by atoms with van der Waals surface area (Å²) in [5.41, 5.74) is 1.73. The maximum Gasteiger partial charge on any atom is 0.389 e. The Hall–Kier alpha value is -0.690. The molecule has 1 aromatic rings. The van der Waals surface area contributed by atoms with Gasteiger partial charge in [-0.3, -0.25) is 5.21 Å². The largest absolute Gasteiger partial charge is 0.389 e. The average molecular weight is 264 g/mol. The fourth-order valence-electron chi connectivity index (χ4n) is 0.621. The van der Waals surface area contributed by atoms with E-state index in [1.165, 1.54) is 0 Å². The van der Waals surface area contributed by atoms with E-state index in [1.807, 2.05) is 53.2 Å². The molecule has 0 saturated carbocycles. The number of nitrogens with zero attached hydrogens (tertiary/aromatic N) is 2. The Morgan fingerprint density at radius 1 is 1.36 bits per heavy atom. The number of halogens is 1. The van der Waals surface area contributed by atoms with Crippen LogP contribution in [0.4, 0.5) is 0 Å². The highest BCUT2D eigenvalue weighted by Gasteiger charge is 2.03. The van der Waals surface area contributed by atoms with Gasteiger partial charge >= 0.3 is 3.84 Å². The fourth-order valence-corrected chi connectivity index (χ4v) is 1.05. The summed E-state index contributed by atoms with van der Waals surface area (Å²) >= 11 is 2.00. The van der Waals surface area contributed by atoms with E-state index >= 15 is 0 Å². The first-order valence-electron chi connectivity index (χ1n) is 2.93. The van der Waals surface area contributed by atoms with Crippen molar-refractivity contribution in [2.24, 2.45) is 5.10 Å². The zero-order chi connectivity index (χ0) is 8.10. The van der Waals surface area contributed by atoms with Crippen LogP contribution in [0.15, 0.2) is 35.7 Å². The molecule has 2 N–H and O–H groups in total. The molecule has 0 aliphatic rings. The van der Waals surface area contributed by atoms with Crippen LogP contribution in [0.1, 0.15) is 0 Å². The molecule has 58 valence electrons. The minimum atomic E-state index is 0.644. The van der Waals surface area contributed by atoms with Gasteiger partial charge in [-0.1, -0.05) is 11.7 Å². The van der Waals surface area contributed by atoms with E-state index in [0.29, 0.717) is 3.84 Å². The third-order valence-electron chi connectivity index (χ3n) is 1.07. The topological polar surface area (TPSA) is 48.5 Å². The van der Waals surface area contributed by atoms with Crippen LogP contribution < -0.4 is 10.2 Å². The van der Waals surface area contributed by atoms with E-state index in [0.717, 1.165) is 0 Å². The zero-order valence-corrected chi connectivity index (χ0v) is 7.76. The van der Waals surface area contributed by atoms with Gasteiger partial charge in [0.1, 0.15) is 0 Å². The van der Waals surface area contributed by atoms with Crippen molar-refractivity contribution in [3.05, 3.63) is 30.6 Å². The lowest BCUT2D eigenvalue weighted by Gasteiger charge is -1.89. The lowest BCUT2D eigenvalue weighted by molar-refractivity contribution is -0.548. The molecule has 0 spiro atoms. The third kappa shape index (κ3) is 2.43. The number of hydrogen-bond donors (Lipinski definition) is 2. The highest BCUT2D eigenvalue weighted by atomic mass is 127. The van der Waals surface area contributed by atoms with Gasteiger partial charge in [-0.2, -0.15) is 4.57 Å². The van der Waals surface area contributed by atoms with Crippen molar-refractivity contribution in [2.45, 2.75) is 0 Å². The molecule has 0 radical (unpaired) electrons. The number of rotatable bonds is 1. The lowest BCUT2D eigenvalue weighted by atomic mass is 10.5. The molecule has 4 nitrogen and oxygen atoms in total. The smallest absolute Gasteiger partial charge is 0.257 e. The quantitative estimate of drug-likeness (QED) is 0.255. The van der Waals surface area contributed by atoms with Crippen LogP contribution in [0.2, 0.25) is 0 Å². The van der Waals surface area contributed by atoms with E-state index < -0.39 is 0 Å². The SMILES string of the molecule is ONN=C(I)[n+]1ccccc1. The van der Waals surface area contributed by atoms with Crippen molar-refractivity contribution >= 4 is 26.4 Å². The molecule has 0 amide bonds. The average Bonchev–Trinajstić information content (AvgIpc) is 2.07. The number of hydrogen-bond acceptors (Lipinski definition) is 3. The number of pyridine rings is 1. The molecule has 0 bridgehead atoms. The van der Waals surface area contributed by atoms with Crippen LogP contribution in [0.5, 0.6) is 0 Å². The zero-order valence-electron chi connectivity index (χ0n) is 5.61. The number of aromatic nitrogens is 1. The normalized spacial score (nSPS) is 11.3. The predicted octanol–water partition coefficient (Wildman–Crippen LogP) is 0.507. The van der Waals surface area contributed by atoms with Gasteiger partial charge in [-0.05, 0) is 12.1 Å². The maximum absolute atomic E-state index is 8.24. The van der Waals surface area contributed by atoms with Crippen LogP contribution in [0.25, 0.3) is 0 Å². The first-order valence-corrected chi connectivity index (χ1v) is 4.01. The standard InChI is InChI=1S/C6H7IN3O/c7-6(8-9-11)10-4-2-1-3-5-10/h1-5,9,11H/q+1. The molecule has 11 heavy (non-hydrogen) atoms. The first kappa shape index (κ1) is 8.41. The minimum absolute atomic E-state index is 0.644. The molecule has 0 unspecified atom stereocenters. The summed E-state index contributed by atoms with van der Waals surface area (Å²) in [5, 5.41) is 11.8. The molecule has 1 heterocycles. The van der Waals surface area contributed by atoms with Crippen LogP contribution in [-0.2, 0) is 0 Å². The molecule has 5 heteroatoms. The van der Waals surface area contributed by atoms with Gasteiger partial charge in [-0.15, -0.1) is 0 Å². The van der Waals surface area contributed by atoms with Crippen molar-refractivity contribution < 1.29 is 9.77 Å². The van der Waals surface area contributed by atoms with Gasteiger partial charge in [0.2, 0.25) is 0 Å². The van der Waals surface area contributed by atoms with Crippen molar-refractivity contribution in [1.82, 2.24) is 5.59 Å². The van der Waals surface area contributed by atoms with Gasteiger partial charge in [0, 0.05) is 0 Å². The number of nitrogens with one attached hydrogen (secondary N) is 1. The summed E-state index contributed by atoms with van der Waals surface area (Å²) in [6.07, 6.45) is 3.67. The Morgan fingerprint density at radius 3 is 2.55 bits per heavy atom. The number of hydrazone groups is 1. The second-order valence-electron chi connectivity index (χ2n) is 1.76. The van der Waals surface area contributed by atoms with Crippen LogP contribution in [0, 0.1) is 0 Å². The van der Waals surface area contributed by atoms with Crippen molar-refractivity contribution in [2.75, 3.05) is 0 Å². The van der Waals surface area contributed by atoms with E-state index in [2.05, 4.69) is 5.10 Å². The van der Waals surface area contributed by atoms with E-state index in [9.17, 15) is 0 Å². The predicted molar refractivity (Wildman–Crippen MR) is 48.4 cm³/mol. The molecule has 0 aliphatic heterocycles.